The molecule has 0 aliphatic carbocycles. The van der Waals surface area contributed by atoms with E-state index in [1.165, 1.54) is 6.07 Å². The van der Waals surface area contributed by atoms with Gasteiger partial charge in [0.1, 0.15) is 12.6 Å². The van der Waals surface area contributed by atoms with Gasteiger partial charge in [-0.1, -0.05) is 42.8 Å². The van der Waals surface area contributed by atoms with Crippen molar-refractivity contribution in [3.63, 3.8) is 0 Å². The van der Waals surface area contributed by atoms with Crippen molar-refractivity contribution in [1.82, 2.24) is 10.6 Å². The molecule has 34 heavy (non-hydrogen) atoms. The highest BCUT2D eigenvalue weighted by Crippen LogP contribution is 2.19. The number of unbranched alkanes of at least 4 members (excludes halogenated alkanes) is 2. The van der Waals surface area contributed by atoms with Crippen molar-refractivity contribution >= 4 is 23.7 Å². The second-order valence-electron chi connectivity index (χ2n) is 7.50. The summed E-state index contributed by atoms with van der Waals surface area (Å²) in [4.78, 5) is 45.2. The second kappa shape index (κ2) is 13.5. The van der Waals surface area contributed by atoms with E-state index in [-0.39, 0.29) is 25.0 Å². The number of alkyl carbamates (subject to hydrolysis) is 1. The van der Waals surface area contributed by atoms with Gasteiger partial charge in [-0.25, -0.2) is 9.59 Å². The van der Waals surface area contributed by atoms with Gasteiger partial charge in [0.2, 0.25) is 11.7 Å². The topological polar surface area (TPSA) is 148 Å². The number of hydrogen-bond donors (Lipinski definition) is 3. The average Bonchev–Trinajstić information content (AvgIpc) is 2.81. The molecule has 0 bridgehead atoms. The van der Waals surface area contributed by atoms with Crippen molar-refractivity contribution < 1.29 is 33.5 Å². The Labute approximate surface area is 195 Å². The number of amides is 2. The van der Waals surface area contributed by atoms with Crippen molar-refractivity contribution in [3.05, 3.63) is 75.6 Å². The number of nitrogens with zero attached hydrogens (tertiary/aromatic N) is 1. The summed E-state index contributed by atoms with van der Waals surface area (Å²) in [6.45, 7) is 0.541. The molecule has 2 aromatic rings. The van der Waals surface area contributed by atoms with Crippen LogP contribution in [0.4, 0.5) is 14.9 Å². The first-order chi connectivity index (χ1) is 16.3. The molecule has 0 aromatic heterocycles. The van der Waals surface area contributed by atoms with Crippen LogP contribution in [0.5, 0.6) is 0 Å². The molecule has 182 valence electrons. The number of carbonyl (C=O) groups is 3. The van der Waals surface area contributed by atoms with Crippen LogP contribution < -0.4 is 10.6 Å². The Hall–Kier alpha value is -4.02. The predicted molar refractivity (Wildman–Crippen MR) is 119 cm³/mol. The lowest BCUT2D eigenvalue weighted by Gasteiger charge is -2.15. The molecule has 0 radical (unpaired) electrons. The number of benzene rings is 2. The lowest BCUT2D eigenvalue weighted by molar-refractivity contribution is -0.387. The maximum Gasteiger partial charge on any atom is 0.407 e. The summed E-state index contributed by atoms with van der Waals surface area (Å²) in [6, 6.07) is 11.0. The van der Waals surface area contributed by atoms with Gasteiger partial charge in [-0.05, 0) is 30.0 Å². The molecule has 1 atom stereocenters. The van der Waals surface area contributed by atoms with Crippen molar-refractivity contribution in [3.8, 4) is 0 Å². The van der Waals surface area contributed by atoms with Crippen molar-refractivity contribution in [1.29, 1.82) is 0 Å². The molecule has 0 aliphatic rings. The van der Waals surface area contributed by atoms with Gasteiger partial charge in [-0.15, -0.1) is 0 Å². The Kier molecular flexibility index (Phi) is 10.4. The van der Waals surface area contributed by atoms with Crippen LogP contribution in [0, 0.1) is 15.9 Å². The molecule has 3 N–H and O–H groups in total. The normalized spacial score (nSPS) is 11.3. The molecule has 0 aliphatic heterocycles. The van der Waals surface area contributed by atoms with Crippen LogP contribution in [0.2, 0.25) is 0 Å². The predicted octanol–water partition coefficient (Wildman–Crippen LogP) is 3.33. The van der Waals surface area contributed by atoms with Gasteiger partial charge < -0.3 is 20.5 Å². The van der Waals surface area contributed by atoms with E-state index < -0.39 is 40.4 Å². The van der Waals surface area contributed by atoms with Crippen LogP contribution in [-0.4, -0.2) is 40.6 Å². The number of nitro benzene ring substituents is 1. The van der Waals surface area contributed by atoms with E-state index in [2.05, 4.69) is 10.6 Å². The van der Waals surface area contributed by atoms with E-state index in [9.17, 15) is 34.0 Å². The first-order valence-electron chi connectivity index (χ1n) is 10.7. The molecule has 0 spiro atoms. The van der Waals surface area contributed by atoms with Crippen LogP contribution in [-0.2, 0) is 27.4 Å². The summed E-state index contributed by atoms with van der Waals surface area (Å²) in [5, 5.41) is 25.2. The molecule has 2 aromatic carbocycles. The number of aliphatic carboxylic acids is 1. The highest BCUT2D eigenvalue weighted by Gasteiger charge is 2.22. The highest BCUT2D eigenvalue weighted by molar-refractivity contribution is 5.83. The van der Waals surface area contributed by atoms with Crippen LogP contribution in [0.1, 0.15) is 36.8 Å². The molecule has 11 heteroatoms. The minimum Gasteiger partial charge on any atom is -0.480 e. The number of nitro groups is 1. The molecular weight excluding hydrogens is 449 g/mol. The SMILES string of the molecule is O=C(CCCCCNC(=O)OCc1ccccc1)N[C@H](Cc1ccc(F)c([N+](=O)[O-])c1)C(=O)O. The van der Waals surface area contributed by atoms with Gasteiger partial charge in [-0.2, -0.15) is 4.39 Å². The van der Waals surface area contributed by atoms with Crippen molar-refractivity contribution in [2.75, 3.05) is 6.54 Å². The molecule has 2 rings (SSSR count). The molecule has 0 unspecified atom stereocenters. The van der Waals surface area contributed by atoms with Gasteiger partial charge >= 0.3 is 17.7 Å². The number of rotatable bonds is 13. The number of hydrogen-bond acceptors (Lipinski definition) is 6. The van der Waals surface area contributed by atoms with E-state index in [0.717, 1.165) is 17.7 Å². The molecular formula is C23H26FN3O7. The maximum absolute atomic E-state index is 13.4. The highest BCUT2D eigenvalue weighted by atomic mass is 19.1. The van der Waals surface area contributed by atoms with Crippen molar-refractivity contribution in [2.45, 2.75) is 44.8 Å². The molecule has 0 fully saturated rings. The standard InChI is InChI=1S/C23H26FN3O7/c24-18-11-10-17(14-20(18)27(32)33)13-19(22(29)30)26-21(28)9-5-2-6-12-25-23(31)34-15-16-7-3-1-4-8-16/h1,3-4,7-8,10-11,14,19H,2,5-6,9,12-13,15H2,(H,25,31)(H,26,28)(H,29,30)/t19-/m1/s1. The van der Waals surface area contributed by atoms with Crippen LogP contribution in [0.25, 0.3) is 0 Å². The van der Waals surface area contributed by atoms with Crippen molar-refractivity contribution in [2.24, 2.45) is 0 Å². The molecule has 0 saturated carbocycles. The summed E-state index contributed by atoms with van der Waals surface area (Å²) in [7, 11) is 0. The van der Waals surface area contributed by atoms with E-state index >= 15 is 0 Å². The zero-order chi connectivity index (χ0) is 24.9. The van der Waals surface area contributed by atoms with Gasteiger partial charge in [-0.3, -0.25) is 14.9 Å². The maximum atomic E-state index is 13.4. The summed E-state index contributed by atoms with van der Waals surface area (Å²) in [6.07, 6.45) is 1.01. The van der Waals surface area contributed by atoms with E-state index in [4.69, 9.17) is 4.74 Å². The summed E-state index contributed by atoms with van der Waals surface area (Å²) in [5.41, 5.74) is 0.331. The lowest BCUT2D eigenvalue weighted by atomic mass is 10.0. The fourth-order valence-electron chi connectivity index (χ4n) is 3.08. The third-order valence-electron chi connectivity index (χ3n) is 4.84. The lowest BCUT2D eigenvalue weighted by Crippen LogP contribution is -2.42. The monoisotopic (exact) mass is 475 g/mol. The Balaban J connectivity index is 1.66. The zero-order valence-electron chi connectivity index (χ0n) is 18.4. The molecule has 0 saturated heterocycles. The Morgan fingerprint density at radius 2 is 1.79 bits per heavy atom. The summed E-state index contributed by atoms with van der Waals surface area (Å²) >= 11 is 0. The largest absolute Gasteiger partial charge is 0.480 e. The van der Waals surface area contributed by atoms with E-state index in [0.29, 0.717) is 25.8 Å². The van der Waals surface area contributed by atoms with E-state index in [1.807, 2.05) is 30.3 Å². The number of carboxylic acids is 1. The second-order valence-corrected chi connectivity index (χ2v) is 7.50. The first-order valence-corrected chi connectivity index (χ1v) is 10.7. The number of nitrogens with one attached hydrogen (secondary N) is 2. The number of carbonyl (C=O) groups excluding carboxylic acids is 2. The quantitative estimate of drug-likeness (QED) is 0.229. The summed E-state index contributed by atoms with van der Waals surface area (Å²) in [5.74, 6) is -2.82. The third-order valence-corrected chi connectivity index (χ3v) is 4.84. The van der Waals surface area contributed by atoms with Crippen LogP contribution >= 0.6 is 0 Å². The van der Waals surface area contributed by atoms with E-state index in [1.54, 1.807) is 0 Å². The third kappa shape index (κ3) is 9.23. The molecule has 10 nitrogen and oxygen atoms in total. The fourth-order valence-corrected chi connectivity index (χ4v) is 3.08. The Morgan fingerprint density at radius 1 is 1.06 bits per heavy atom. The number of ether oxygens (including phenoxy) is 1. The molecule has 2 amide bonds. The van der Waals surface area contributed by atoms with Gasteiger partial charge in [0.15, 0.2) is 0 Å². The minimum atomic E-state index is -1.31. The average molecular weight is 475 g/mol. The summed E-state index contributed by atoms with van der Waals surface area (Å²) < 4.78 is 18.5. The van der Waals surface area contributed by atoms with Crippen LogP contribution in [0.3, 0.4) is 0 Å². The minimum absolute atomic E-state index is 0.0752. The van der Waals surface area contributed by atoms with Crippen LogP contribution in [0.15, 0.2) is 48.5 Å². The Bertz CT molecular complexity index is 1000. The number of halogens is 1. The first kappa shape index (κ1) is 26.2. The van der Waals surface area contributed by atoms with Gasteiger partial charge in [0, 0.05) is 25.5 Å². The fraction of sp³-hybridized carbons (Fsp3) is 0.348. The van der Waals surface area contributed by atoms with Gasteiger partial charge in [0.25, 0.3) is 0 Å². The number of carboxylic acid groups (broad SMARTS) is 1. The smallest absolute Gasteiger partial charge is 0.407 e. The van der Waals surface area contributed by atoms with Gasteiger partial charge in [0.05, 0.1) is 4.92 Å². The Morgan fingerprint density at radius 3 is 2.47 bits per heavy atom. The zero-order valence-corrected chi connectivity index (χ0v) is 18.4. The molecule has 0 heterocycles.